The van der Waals surface area contributed by atoms with Crippen LogP contribution < -0.4 is 10.1 Å². The van der Waals surface area contributed by atoms with Crippen molar-refractivity contribution < 1.29 is 13.9 Å². The summed E-state index contributed by atoms with van der Waals surface area (Å²) < 4.78 is 21.4. The second-order valence-corrected chi connectivity index (χ2v) is 10.7. The first kappa shape index (κ1) is 23.1. The molecule has 36 heavy (non-hydrogen) atoms. The molecule has 5 nitrogen and oxygen atoms in total. The molecule has 3 heterocycles. The molecule has 1 aliphatic heterocycles. The maximum atomic E-state index is 13.9. The maximum absolute atomic E-state index is 13.9. The van der Waals surface area contributed by atoms with E-state index in [1.54, 1.807) is 7.11 Å². The van der Waals surface area contributed by atoms with Crippen LogP contribution in [-0.4, -0.2) is 22.6 Å². The van der Waals surface area contributed by atoms with Crippen LogP contribution in [0.15, 0.2) is 60.8 Å². The molecule has 6 rings (SSSR count). The number of amides is 2. The van der Waals surface area contributed by atoms with E-state index in [0.29, 0.717) is 12.2 Å². The Bertz CT molecular complexity index is 1450. The van der Waals surface area contributed by atoms with Gasteiger partial charge in [-0.05, 0) is 79.3 Å². The Kier molecular flexibility index (Phi) is 5.97. The molecule has 0 saturated heterocycles. The van der Waals surface area contributed by atoms with E-state index >= 15 is 0 Å². The molecule has 1 N–H and O–H groups in total. The normalized spacial score (nSPS) is 16.5. The van der Waals surface area contributed by atoms with Gasteiger partial charge in [-0.1, -0.05) is 23.7 Å². The SMILES string of the molecule is COc1ccc(C2c3cccn3-c3sc4c(c3CN2C(=O)Nc2ccc(F)c(Cl)c2)CCCC4)cc1. The van der Waals surface area contributed by atoms with E-state index in [-0.39, 0.29) is 17.1 Å². The number of carbonyl (C=O) groups excluding carboxylic acids is 1. The molecule has 2 aliphatic rings. The fourth-order valence-electron chi connectivity index (χ4n) is 5.29. The van der Waals surface area contributed by atoms with Crippen molar-refractivity contribution in [3.8, 4) is 10.8 Å². The predicted molar refractivity (Wildman–Crippen MR) is 141 cm³/mol. The van der Waals surface area contributed by atoms with E-state index in [4.69, 9.17) is 16.3 Å². The summed E-state index contributed by atoms with van der Waals surface area (Å²) in [6, 6.07) is 15.6. The summed E-state index contributed by atoms with van der Waals surface area (Å²) in [6.45, 7) is 0.473. The van der Waals surface area contributed by atoms with Crippen LogP contribution in [0.1, 0.15) is 46.1 Å². The molecule has 184 valence electrons. The number of urea groups is 1. The quantitative estimate of drug-likeness (QED) is 0.306. The second-order valence-electron chi connectivity index (χ2n) is 9.16. The number of aryl methyl sites for hydroxylation is 1. The number of nitrogens with one attached hydrogen (secondary N) is 1. The molecule has 0 saturated carbocycles. The molecule has 1 aliphatic carbocycles. The molecule has 1 unspecified atom stereocenters. The van der Waals surface area contributed by atoms with Gasteiger partial charge in [0.15, 0.2) is 0 Å². The molecule has 0 fully saturated rings. The lowest BCUT2D eigenvalue weighted by molar-refractivity contribution is 0.194. The van der Waals surface area contributed by atoms with Crippen molar-refractivity contribution in [1.29, 1.82) is 0 Å². The second kappa shape index (κ2) is 9.30. The summed E-state index contributed by atoms with van der Waals surface area (Å²) in [6.07, 6.45) is 6.58. The summed E-state index contributed by atoms with van der Waals surface area (Å²) >= 11 is 7.84. The first-order valence-corrected chi connectivity index (χ1v) is 13.2. The van der Waals surface area contributed by atoms with Gasteiger partial charge in [0.05, 0.1) is 30.4 Å². The maximum Gasteiger partial charge on any atom is 0.322 e. The summed E-state index contributed by atoms with van der Waals surface area (Å²) in [5, 5.41) is 4.13. The van der Waals surface area contributed by atoms with Crippen LogP contribution >= 0.6 is 22.9 Å². The third-order valence-corrected chi connectivity index (χ3v) is 8.67. The lowest BCUT2D eigenvalue weighted by Crippen LogP contribution is -2.38. The van der Waals surface area contributed by atoms with E-state index < -0.39 is 5.82 Å². The van der Waals surface area contributed by atoms with E-state index in [1.807, 2.05) is 46.6 Å². The number of rotatable bonds is 3. The van der Waals surface area contributed by atoms with Crippen molar-refractivity contribution in [2.45, 2.75) is 38.3 Å². The van der Waals surface area contributed by atoms with Gasteiger partial charge in [-0.15, -0.1) is 11.3 Å². The van der Waals surface area contributed by atoms with Crippen LogP contribution in [-0.2, 0) is 19.4 Å². The molecule has 0 spiro atoms. The molecule has 4 aromatic rings. The van der Waals surface area contributed by atoms with Crippen molar-refractivity contribution in [1.82, 2.24) is 9.47 Å². The molecule has 1 atom stereocenters. The van der Waals surface area contributed by atoms with E-state index in [0.717, 1.165) is 36.3 Å². The zero-order valence-corrected chi connectivity index (χ0v) is 21.3. The van der Waals surface area contributed by atoms with E-state index in [1.165, 1.54) is 45.6 Å². The third kappa shape index (κ3) is 3.96. The van der Waals surface area contributed by atoms with Gasteiger partial charge >= 0.3 is 6.03 Å². The predicted octanol–water partition coefficient (Wildman–Crippen LogP) is 7.36. The summed E-state index contributed by atoms with van der Waals surface area (Å²) in [7, 11) is 1.64. The van der Waals surface area contributed by atoms with Crippen LogP contribution in [0.3, 0.4) is 0 Å². The van der Waals surface area contributed by atoms with Gasteiger partial charge in [-0.25, -0.2) is 9.18 Å². The molecule has 2 aromatic heterocycles. The molecule has 2 aromatic carbocycles. The number of carbonyl (C=O) groups is 1. The standard InChI is InChI=1S/C28H25ClFN3O2S/c1-35-19-11-8-17(9-12-19)26-24-6-4-14-32(24)27-21(20-5-2-3-7-25(20)36-27)16-33(26)28(34)31-18-10-13-23(30)22(29)15-18/h4,6,8-15,26H,2-3,5,7,16H2,1H3,(H,31,34). The van der Waals surface area contributed by atoms with Gasteiger partial charge < -0.3 is 19.5 Å². The number of hydrogen-bond donors (Lipinski definition) is 1. The van der Waals surface area contributed by atoms with Gasteiger partial charge in [-0.3, -0.25) is 0 Å². The molecule has 2 amide bonds. The van der Waals surface area contributed by atoms with Crippen molar-refractivity contribution in [3.05, 3.63) is 98.9 Å². The fraction of sp³-hybridized carbons (Fsp3) is 0.250. The third-order valence-electron chi connectivity index (χ3n) is 7.04. The monoisotopic (exact) mass is 521 g/mol. The van der Waals surface area contributed by atoms with E-state index in [9.17, 15) is 9.18 Å². The number of ether oxygens (including phenoxy) is 1. The van der Waals surface area contributed by atoms with Crippen molar-refractivity contribution in [2.24, 2.45) is 0 Å². The highest BCUT2D eigenvalue weighted by Gasteiger charge is 2.36. The lowest BCUT2D eigenvalue weighted by Gasteiger charge is -2.31. The highest BCUT2D eigenvalue weighted by molar-refractivity contribution is 7.15. The van der Waals surface area contributed by atoms with Crippen molar-refractivity contribution in [2.75, 3.05) is 12.4 Å². The average Bonchev–Trinajstić information content (AvgIpc) is 3.48. The van der Waals surface area contributed by atoms with Gasteiger partial charge in [-0.2, -0.15) is 0 Å². The summed E-state index contributed by atoms with van der Waals surface area (Å²) in [5.41, 5.74) is 5.05. The Hall–Kier alpha value is -3.29. The number of halogens is 2. The number of anilines is 1. The van der Waals surface area contributed by atoms with Crippen LogP contribution in [0.4, 0.5) is 14.9 Å². The first-order chi connectivity index (χ1) is 17.5. The topological polar surface area (TPSA) is 46.5 Å². The van der Waals surface area contributed by atoms with Crippen LogP contribution in [0.2, 0.25) is 5.02 Å². The van der Waals surface area contributed by atoms with Crippen molar-refractivity contribution in [3.63, 3.8) is 0 Å². The number of hydrogen-bond acceptors (Lipinski definition) is 3. The number of nitrogens with zero attached hydrogens (tertiary/aromatic N) is 2. The summed E-state index contributed by atoms with van der Waals surface area (Å²) in [4.78, 5) is 17.2. The minimum Gasteiger partial charge on any atom is -0.497 e. The van der Waals surface area contributed by atoms with Gasteiger partial charge in [0.1, 0.15) is 16.6 Å². The molecular formula is C28H25ClFN3O2S. The highest BCUT2D eigenvalue weighted by Crippen LogP contribution is 2.44. The summed E-state index contributed by atoms with van der Waals surface area (Å²) in [5.74, 6) is 0.237. The first-order valence-electron chi connectivity index (χ1n) is 12.0. The Balaban J connectivity index is 1.48. The molecular weight excluding hydrogens is 497 g/mol. The number of thiophene rings is 1. The van der Waals surface area contributed by atoms with Crippen LogP contribution in [0.5, 0.6) is 5.75 Å². The number of aromatic nitrogens is 1. The number of benzene rings is 2. The Labute approximate surface area is 218 Å². The molecule has 0 radical (unpaired) electrons. The van der Waals surface area contributed by atoms with Gasteiger partial charge in [0.2, 0.25) is 0 Å². The fourth-order valence-corrected chi connectivity index (χ4v) is 6.88. The Morgan fingerprint density at radius 1 is 1.11 bits per heavy atom. The number of methoxy groups -OCH3 is 1. The minimum atomic E-state index is -0.520. The zero-order chi connectivity index (χ0) is 24.8. The van der Waals surface area contributed by atoms with Crippen LogP contribution in [0, 0.1) is 5.82 Å². The molecule has 0 bridgehead atoms. The van der Waals surface area contributed by atoms with Crippen molar-refractivity contribution >= 4 is 34.7 Å². The zero-order valence-electron chi connectivity index (χ0n) is 19.8. The number of fused-ring (bicyclic) bond motifs is 5. The van der Waals surface area contributed by atoms with Gasteiger partial charge in [0.25, 0.3) is 0 Å². The smallest absolute Gasteiger partial charge is 0.322 e. The largest absolute Gasteiger partial charge is 0.497 e. The van der Waals surface area contributed by atoms with Crippen LogP contribution in [0.25, 0.3) is 5.00 Å². The Morgan fingerprint density at radius 3 is 2.69 bits per heavy atom. The van der Waals surface area contributed by atoms with E-state index in [2.05, 4.69) is 22.1 Å². The minimum absolute atomic E-state index is 0.0292. The lowest BCUT2D eigenvalue weighted by atomic mass is 9.95. The highest BCUT2D eigenvalue weighted by atomic mass is 35.5. The molecule has 8 heteroatoms. The average molecular weight is 522 g/mol. The Morgan fingerprint density at radius 2 is 1.92 bits per heavy atom. The van der Waals surface area contributed by atoms with Gasteiger partial charge in [0, 0.05) is 22.3 Å².